The van der Waals surface area contributed by atoms with Crippen molar-refractivity contribution in [2.75, 3.05) is 32.8 Å². The lowest BCUT2D eigenvalue weighted by Gasteiger charge is -2.41. The number of amides is 2. The number of nitrogens with zero attached hydrogens (tertiary/aromatic N) is 2. The second kappa shape index (κ2) is 5.99. The van der Waals surface area contributed by atoms with Crippen LogP contribution in [0.4, 0.5) is 4.79 Å². The third-order valence-electron chi connectivity index (χ3n) is 4.74. The number of cyclic esters (lactones) is 1. The van der Waals surface area contributed by atoms with Crippen molar-refractivity contribution in [2.45, 2.75) is 25.2 Å². The lowest BCUT2D eigenvalue weighted by atomic mass is 9.76. The molecule has 1 aromatic carbocycles. The zero-order chi connectivity index (χ0) is 15.6. The van der Waals surface area contributed by atoms with Crippen LogP contribution in [0, 0.1) is 0 Å². The summed E-state index contributed by atoms with van der Waals surface area (Å²) in [6, 6.07) is 10.4. The molecule has 0 spiro atoms. The Morgan fingerprint density at radius 2 is 1.86 bits per heavy atom. The first-order valence-corrected chi connectivity index (χ1v) is 7.83. The van der Waals surface area contributed by atoms with E-state index in [9.17, 15) is 9.59 Å². The first-order chi connectivity index (χ1) is 10.6. The molecule has 0 bridgehead atoms. The monoisotopic (exact) mass is 302 g/mol. The van der Waals surface area contributed by atoms with Gasteiger partial charge >= 0.3 is 6.09 Å². The summed E-state index contributed by atoms with van der Waals surface area (Å²) in [5.41, 5.74) is 1.26. The normalized spacial score (nSPS) is 25.5. The molecule has 2 heterocycles. The predicted molar refractivity (Wildman–Crippen MR) is 82.5 cm³/mol. The van der Waals surface area contributed by atoms with Gasteiger partial charge in [-0.05, 0) is 12.0 Å². The molecule has 2 aliphatic heterocycles. The summed E-state index contributed by atoms with van der Waals surface area (Å²) in [7, 11) is 0. The average molecular weight is 302 g/mol. The average Bonchev–Trinajstić information content (AvgIpc) is 2.94. The fourth-order valence-corrected chi connectivity index (χ4v) is 3.28. The number of likely N-dealkylation sites (tertiary alicyclic amines) is 1. The summed E-state index contributed by atoms with van der Waals surface area (Å²) >= 11 is 0. The van der Waals surface area contributed by atoms with Crippen molar-refractivity contribution >= 4 is 12.0 Å². The van der Waals surface area contributed by atoms with Crippen molar-refractivity contribution in [1.29, 1.82) is 0 Å². The highest BCUT2D eigenvalue weighted by atomic mass is 16.6. The van der Waals surface area contributed by atoms with E-state index in [-0.39, 0.29) is 17.4 Å². The molecule has 2 fully saturated rings. The van der Waals surface area contributed by atoms with Crippen molar-refractivity contribution < 1.29 is 14.3 Å². The summed E-state index contributed by atoms with van der Waals surface area (Å²) in [6.07, 6.45) is 1.17. The highest BCUT2D eigenvalue weighted by Gasteiger charge is 2.36. The smallest absolute Gasteiger partial charge is 0.409 e. The van der Waals surface area contributed by atoms with E-state index < -0.39 is 0 Å². The fourth-order valence-electron chi connectivity index (χ4n) is 3.28. The lowest BCUT2D eigenvalue weighted by molar-refractivity contribution is -0.135. The second-order valence-corrected chi connectivity index (χ2v) is 6.34. The molecule has 2 amide bonds. The number of carbonyl (C=O) groups excluding carboxylic acids is 2. The molecular formula is C17H22N2O3. The molecule has 1 aromatic rings. The van der Waals surface area contributed by atoms with Crippen LogP contribution in [0.2, 0.25) is 0 Å². The van der Waals surface area contributed by atoms with Crippen LogP contribution in [-0.2, 0) is 14.9 Å². The van der Waals surface area contributed by atoms with Gasteiger partial charge in [-0.1, -0.05) is 37.3 Å². The van der Waals surface area contributed by atoms with Gasteiger partial charge < -0.3 is 14.5 Å². The molecule has 0 N–H and O–H groups in total. The van der Waals surface area contributed by atoms with Crippen molar-refractivity contribution in [3.63, 3.8) is 0 Å². The van der Waals surface area contributed by atoms with Crippen molar-refractivity contribution in [2.24, 2.45) is 0 Å². The number of carbonyl (C=O) groups is 2. The van der Waals surface area contributed by atoms with E-state index in [2.05, 4.69) is 19.1 Å². The molecule has 0 saturated carbocycles. The lowest BCUT2D eigenvalue weighted by Crippen LogP contribution is -2.49. The molecule has 1 atom stereocenters. The van der Waals surface area contributed by atoms with Gasteiger partial charge in [0.2, 0.25) is 5.91 Å². The Labute approximate surface area is 130 Å². The molecule has 0 radical (unpaired) electrons. The van der Waals surface area contributed by atoms with Crippen molar-refractivity contribution in [3.8, 4) is 0 Å². The number of ether oxygens (including phenoxy) is 1. The number of rotatable bonds is 4. The van der Waals surface area contributed by atoms with E-state index in [0.717, 1.165) is 6.42 Å². The molecular weight excluding hydrogens is 280 g/mol. The second-order valence-electron chi connectivity index (χ2n) is 6.34. The van der Waals surface area contributed by atoms with E-state index in [1.807, 2.05) is 23.1 Å². The van der Waals surface area contributed by atoms with Gasteiger partial charge in [0.05, 0.1) is 6.54 Å². The quantitative estimate of drug-likeness (QED) is 0.855. The first-order valence-electron chi connectivity index (χ1n) is 7.83. The van der Waals surface area contributed by atoms with Crippen LogP contribution in [0.5, 0.6) is 0 Å². The van der Waals surface area contributed by atoms with Crippen LogP contribution in [-0.4, -0.2) is 54.6 Å². The zero-order valence-electron chi connectivity index (χ0n) is 13.0. The minimum atomic E-state index is -0.268. The summed E-state index contributed by atoms with van der Waals surface area (Å²) in [6.45, 7) is 5.13. The van der Waals surface area contributed by atoms with Gasteiger partial charge in [0.25, 0.3) is 0 Å². The predicted octanol–water partition coefficient (Wildman–Crippen LogP) is 2.02. The maximum absolute atomic E-state index is 12.2. The van der Waals surface area contributed by atoms with Gasteiger partial charge in [0.1, 0.15) is 6.61 Å². The Kier molecular flexibility index (Phi) is 4.05. The fraction of sp³-hybridized carbons (Fsp3) is 0.529. The summed E-state index contributed by atoms with van der Waals surface area (Å²) in [5, 5.41) is 0. The first kappa shape index (κ1) is 14.9. The van der Waals surface area contributed by atoms with Gasteiger partial charge in [-0.25, -0.2) is 4.79 Å². The molecule has 3 rings (SSSR count). The van der Waals surface area contributed by atoms with Gasteiger partial charge in [-0.3, -0.25) is 4.79 Å². The van der Waals surface area contributed by atoms with Gasteiger partial charge in [0.15, 0.2) is 0 Å². The Hall–Kier alpha value is -2.04. The van der Waals surface area contributed by atoms with Crippen molar-refractivity contribution in [1.82, 2.24) is 9.80 Å². The highest BCUT2D eigenvalue weighted by Crippen LogP contribution is 2.33. The summed E-state index contributed by atoms with van der Waals surface area (Å²) in [5.74, 6) is 0.181. The molecule has 0 aliphatic carbocycles. The molecule has 0 aromatic heterocycles. The topological polar surface area (TPSA) is 49.9 Å². The van der Waals surface area contributed by atoms with Crippen LogP contribution in [0.1, 0.15) is 25.3 Å². The molecule has 22 heavy (non-hydrogen) atoms. The molecule has 5 heteroatoms. The van der Waals surface area contributed by atoms with E-state index in [1.54, 1.807) is 4.90 Å². The molecule has 0 unspecified atom stereocenters. The Balaban J connectivity index is 1.66. The summed E-state index contributed by atoms with van der Waals surface area (Å²) in [4.78, 5) is 27.2. The Bertz CT molecular complexity index is 560. The zero-order valence-corrected chi connectivity index (χ0v) is 13.0. The molecule has 5 nitrogen and oxygen atoms in total. The highest BCUT2D eigenvalue weighted by molar-refractivity contribution is 5.77. The largest absolute Gasteiger partial charge is 0.448 e. The standard InChI is InChI=1S/C17H22N2O3/c1-17(14-5-3-2-4-6-14)8-7-15(20)19(13-17)10-9-18-11-12-22-16(18)21/h2-6H,7-13H2,1H3/t17-/m0/s1. The van der Waals surface area contributed by atoms with Crippen LogP contribution >= 0.6 is 0 Å². The Morgan fingerprint density at radius 3 is 2.55 bits per heavy atom. The number of hydrogen-bond acceptors (Lipinski definition) is 3. The molecule has 2 aliphatic rings. The van der Waals surface area contributed by atoms with E-state index >= 15 is 0 Å². The third kappa shape index (κ3) is 2.93. The molecule has 2 saturated heterocycles. The van der Waals surface area contributed by atoms with E-state index in [0.29, 0.717) is 39.2 Å². The third-order valence-corrected chi connectivity index (χ3v) is 4.74. The van der Waals surface area contributed by atoms with Gasteiger partial charge in [0, 0.05) is 31.5 Å². The van der Waals surface area contributed by atoms with Gasteiger partial charge in [-0.2, -0.15) is 0 Å². The van der Waals surface area contributed by atoms with Crippen LogP contribution in [0.25, 0.3) is 0 Å². The SMILES string of the molecule is C[C@]1(c2ccccc2)CCC(=O)N(CCN2CCOC2=O)C1. The summed E-state index contributed by atoms with van der Waals surface area (Å²) < 4.78 is 4.93. The van der Waals surface area contributed by atoms with E-state index in [1.165, 1.54) is 5.56 Å². The number of hydrogen-bond donors (Lipinski definition) is 0. The maximum Gasteiger partial charge on any atom is 0.409 e. The van der Waals surface area contributed by atoms with Crippen LogP contribution < -0.4 is 0 Å². The van der Waals surface area contributed by atoms with Crippen LogP contribution in [0.3, 0.4) is 0 Å². The maximum atomic E-state index is 12.2. The van der Waals surface area contributed by atoms with E-state index in [4.69, 9.17) is 4.74 Å². The minimum absolute atomic E-state index is 0.0132. The van der Waals surface area contributed by atoms with Crippen molar-refractivity contribution in [3.05, 3.63) is 35.9 Å². The number of piperidine rings is 1. The Morgan fingerprint density at radius 1 is 1.14 bits per heavy atom. The van der Waals surface area contributed by atoms with Crippen LogP contribution in [0.15, 0.2) is 30.3 Å². The van der Waals surface area contributed by atoms with Gasteiger partial charge in [-0.15, -0.1) is 0 Å². The molecule has 118 valence electrons. The minimum Gasteiger partial charge on any atom is -0.448 e. The number of benzene rings is 1.